The molecule has 1 heterocycles. The summed E-state index contributed by atoms with van der Waals surface area (Å²) in [6.45, 7) is 7.19. The molecule has 1 amide bonds. The maximum atomic E-state index is 11.5. The predicted octanol–water partition coefficient (Wildman–Crippen LogP) is 3.20. The highest BCUT2D eigenvalue weighted by molar-refractivity contribution is 5.86. The number of nitrogens with zero attached hydrogens (tertiary/aromatic N) is 1. The highest BCUT2D eigenvalue weighted by atomic mass is 16.1. The molecule has 0 unspecified atom stereocenters. The summed E-state index contributed by atoms with van der Waals surface area (Å²) in [5, 5.41) is 2.97. The van der Waals surface area contributed by atoms with Crippen LogP contribution in [-0.2, 0) is 11.3 Å². The third-order valence-corrected chi connectivity index (χ3v) is 4.72. The first-order valence-electron chi connectivity index (χ1n) is 8.47. The monoisotopic (exact) mass is 320 g/mol. The van der Waals surface area contributed by atoms with Crippen LogP contribution < -0.4 is 5.32 Å². The second-order valence-electron chi connectivity index (χ2n) is 6.41. The van der Waals surface area contributed by atoms with Gasteiger partial charge in [0.25, 0.3) is 0 Å². The van der Waals surface area contributed by atoms with Gasteiger partial charge in [-0.3, -0.25) is 9.69 Å². The average molecular weight is 320 g/mol. The Morgan fingerprint density at radius 1 is 1.08 bits per heavy atom. The first-order chi connectivity index (χ1) is 11.8. The number of likely N-dealkylation sites (tertiary alicyclic amines) is 1. The number of hydrogen-bond donors (Lipinski definition) is 1. The van der Waals surface area contributed by atoms with Crippen molar-refractivity contribution in [2.45, 2.75) is 12.5 Å². The topological polar surface area (TPSA) is 32.3 Å². The number of amides is 1. The van der Waals surface area contributed by atoms with E-state index in [2.05, 4.69) is 71.4 Å². The van der Waals surface area contributed by atoms with E-state index in [0.29, 0.717) is 18.4 Å². The zero-order valence-corrected chi connectivity index (χ0v) is 13.9. The first-order valence-corrected chi connectivity index (χ1v) is 8.47. The fourth-order valence-electron chi connectivity index (χ4n) is 3.52. The fourth-order valence-corrected chi connectivity index (χ4v) is 3.52. The molecule has 1 aliphatic rings. The molecule has 2 aromatic rings. The number of rotatable bonds is 6. The standard InChI is InChI=1S/C21H24N2O/c1-2-21(24)22-13-19-15-23(14-17-9-5-3-6-10-17)16-20(19)18-11-7-4-8-12-18/h2-12,19-20H,1,13-16H2,(H,22,24)/t19-,20+/m1/s1. The molecular formula is C21H24N2O. The molecule has 0 aromatic heterocycles. The summed E-state index contributed by atoms with van der Waals surface area (Å²) in [6.07, 6.45) is 1.34. The van der Waals surface area contributed by atoms with Crippen LogP contribution in [0.5, 0.6) is 0 Å². The van der Waals surface area contributed by atoms with Gasteiger partial charge in [0.1, 0.15) is 0 Å². The normalized spacial score (nSPS) is 20.7. The van der Waals surface area contributed by atoms with Gasteiger partial charge in [0.15, 0.2) is 0 Å². The Labute approximate surface area is 144 Å². The van der Waals surface area contributed by atoms with Crippen LogP contribution in [0.4, 0.5) is 0 Å². The average Bonchev–Trinajstić information content (AvgIpc) is 3.04. The number of carbonyl (C=O) groups excluding carboxylic acids is 1. The largest absolute Gasteiger partial charge is 0.352 e. The Hall–Kier alpha value is -2.39. The Bertz CT molecular complexity index is 669. The van der Waals surface area contributed by atoms with Crippen LogP contribution >= 0.6 is 0 Å². The number of hydrogen-bond acceptors (Lipinski definition) is 2. The van der Waals surface area contributed by atoms with E-state index in [0.717, 1.165) is 19.6 Å². The molecule has 2 aromatic carbocycles. The van der Waals surface area contributed by atoms with Gasteiger partial charge in [-0.15, -0.1) is 0 Å². The van der Waals surface area contributed by atoms with Gasteiger partial charge in [0, 0.05) is 32.1 Å². The van der Waals surface area contributed by atoms with E-state index in [9.17, 15) is 4.79 Å². The van der Waals surface area contributed by atoms with E-state index in [1.54, 1.807) is 0 Å². The third-order valence-electron chi connectivity index (χ3n) is 4.72. The Morgan fingerprint density at radius 2 is 1.75 bits per heavy atom. The molecule has 1 fully saturated rings. The number of carbonyl (C=O) groups is 1. The Balaban J connectivity index is 1.71. The minimum absolute atomic E-state index is 0.0941. The zero-order chi connectivity index (χ0) is 16.8. The molecule has 0 bridgehead atoms. The second-order valence-corrected chi connectivity index (χ2v) is 6.41. The number of benzene rings is 2. The molecule has 3 heteroatoms. The van der Waals surface area contributed by atoms with Gasteiger partial charge >= 0.3 is 0 Å². The van der Waals surface area contributed by atoms with Gasteiger partial charge in [-0.1, -0.05) is 67.2 Å². The van der Waals surface area contributed by atoms with E-state index >= 15 is 0 Å². The molecule has 1 saturated heterocycles. The minimum Gasteiger partial charge on any atom is -0.352 e. The van der Waals surface area contributed by atoms with E-state index in [4.69, 9.17) is 0 Å². The van der Waals surface area contributed by atoms with Gasteiger partial charge in [0.2, 0.25) is 5.91 Å². The zero-order valence-electron chi connectivity index (χ0n) is 13.9. The lowest BCUT2D eigenvalue weighted by atomic mass is 9.89. The van der Waals surface area contributed by atoms with Crippen LogP contribution in [0, 0.1) is 5.92 Å². The van der Waals surface area contributed by atoms with Crippen LogP contribution in [0.15, 0.2) is 73.3 Å². The third kappa shape index (κ3) is 4.12. The van der Waals surface area contributed by atoms with Crippen LogP contribution in [0.3, 0.4) is 0 Å². The van der Waals surface area contributed by atoms with Crippen molar-refractivity contribution < 1.29 is 4.79 Å². The summed E-state index contributed by atoms with van der Waals surface area (Å²) in [5.74, 6) is 0.767. The van der Waals surface area contributed by atoms with Crippen molar-refractivity contribution >= 4 is 5.91 Å². The van der Waals surface area contributed by atoms with Crippen LogP contribution in [0.2, 0.25) is 0 Å². The summed E-state index contributed by atoms with van der Waals surface area (Å²) >= 11 is 0. The summed E-state index contributed by atoms with van der Waals surface area (Å²) in [7, 11) is 0. The summed E-state index contributed by atoms with van der Waals surface area (Å²) in [5.41, 5.74) is 2.69. The van der Waals surface area contributed by atoms with Gasteiger partial charge in [-0.2, -0.15) is 0 Å². The van der Waals surface area contributed by atoms with E-state index in [1.807, 2.05) is 6.07 Å². The smallest absolute Gasteiger partial charge is 0.243 e. The molecule has 2 atom stereocenters. The predicted molar refractivity (Wildman–Crippen MR) is 97.6 cm³/mol. The van der Waals surface area contributed by atoms with Crippen LogP contribution in [-0.4, -0.2) is 30.4 Å². The Kier molecular flexibility index (Phi) is 5.44. The molecule has 124 valence electrons. The molecule has 0 radical (unpaired) electrons. The van der Waals surface area contributed by atoms with Crippen molar-refractivity contribution in [1.82, 2.24) is 10.2 Å². The van der Waals surface area contributed by atoms with E-state index in [1.165, 1.54) is 17.2 Å². The second kappa shape index (κ2) is 7.93. The maximum absolute atomic E-state index is 11.5. The molecule has 1 aliphatic heterocycles. The number of nitrogens with one attached hydrogen (secondary N) is 1. The van der Waals surface area contributed by atoms with E-state index in [-0.39, 0.29) is 5.91 Å². The van der Waals surface area contributed by atoms with Crippen molar-refractivity contribution in [2.75, 3.05) is 19.6 Å². The highest BCUT2D eigenvalue weighted by Crippen LogP contribution is 2.33. The van der Waals surface area contributed by atoms with Crippen molar-refractivity contribution in [1.29, 1.82) is 0 Å². The molecular weight excluding hydrogens is 296 g/mol. The summed E-state index contributed by atoms with van der Waals surface area (Å²) in [4.78, 5) is 14.0. The van der Waals surface area contributed by atoms with E-state index < -0.39 is 0 Å². The van der Waals surface area contributed by atoms with Crippen LogP contribution in [0.25, 0.3) is 0 Å². The van der Waals surface area contributed by atoms with Crippen LogP contribution in [0.1, 0.15) is 17.0 Å². The lowest BCUT2D eigenvalue weighted by Gasteiger charge is -2.18. The van der Waals surface area contributed by atoms with Crippen molar-refractivity contribution in [3.05, 3.63) is 84.4 Å². The van der Waals surface area contributed by atoms with Gasteiger partial charge in [0.05, 0.1) is 0 Å². The molecule has 3 nitrogen and oxygen atoms in total. The summed E-state index contributed by atoms with van der Waals surface area (Å²) in [6, 6.07) is 21.2. The molecule has 0 aliphatic carbocycles. The van der Waals surface area contributed by atoms with Gasteiger partial charge in [-0.05, 0) is 23.1 Å². The minimum atomic E-state index is -0.0941. The summed E-state index contributed by atoms with van der Waals surface area (Å²) < 4.78 is 0. The van der Waals surface area contributed by atoms with Crippen molar-refractivity contribution in [3.8, 4) is 0 Å². The molecule has 24 heavy (non-hydrogen) atoms. The molecule has 3 rings (SSSR count). The Morgan fingerprint density at radius 3 is 2.42 bits per heavy atom. The molecule has 0 spiro atoms. The SMILES string of the molecule is C=CC(=O)NC[C@@H]1CN(Cc2ccccc2)C[C@H]1c1ccccc1. The first kappa shape index (κ1) is 16.5. The lowest BCUT2D eigenvalue weighted by molar-refractivity contribution is -0.116. The molecule has 1 N–H and O–H groups in total. The fraction of sp³-hybridized carbons (Fsp3) is 0.286. The highest BCUT2D eigenvalue weighted by Gasteiger charge is 2.33. The van der Waals surface area contributed by atoms with Gasteiger partial charge < -0.3 is 5.32 Å². The lowest BCUT2D eigenvalue weighted by Crippen LogP contribution is -2.31. The molecule has 0 saturated carbocycles. The quantitative estimate of drug-likeness (QED) is 0.829. The maximum Gasteiger partial charge on any atom is 0.243 e. The van der Waals surface area contributed by atoms with Crippen molar-refractivity contribution in [2.24, 2.45) is 5.92 Å². The van der Waals surface area contributed by atoms with Gasteiger partial charge in [-0.25, -0.2) is 0 Å². The van der Waals surface area contributed by atoms with Crippen molar-refractivity contribution in [3.63, 3.8) is 0 Å².